The van der Waals surface area contributed by atoms with Gasteiger partial charge in [0.2, 0.25) is 0 Å². The van der Waals surface area contributed by atoms with Gasteiger partial charge in [-0.2, -0.15) is 4.99 Å². The number of aliphatic hydroxyl groups is 1. The normalized spacial score (nSPS) is 9.17. The summed E-state index contributed by atoms with van der Waals surface area (Å²) in [5.41, 5.74) is 1.33. The van der Waals surface area contributed by atoms with E-state index in [9.17, 15) is 0 Å². The molecule has 62 valence electrons. The summed E-state index contributed by atoms with van der Waals surface area (Å²) in [6.07, 6.45) is 0. The van der Waals surface area contributed by atoms with E-state index < -0.39 is 0 Å². The minimum atomic E-state index is -0.0265. The predicted molar refractivity (Wildman–Crippen MR) is 52.1 cm³/mol. The van der Waals surface area contributed by atoms with E-state index in [0.29, 0.717) is 10.7 Å². The van der Waals surface area contributed by atoms with Gasteiger partial charge in [-0.1, -0.05) is 17.7 Å². The summed E-state index contributed by atoms with van der Waals surface area (Å²) in [5.74, 6) is 0. The van der Waals surface area contributed by atoms with Gasteiger partial charge in [-0.15, -0.1) is 0 Å². The molecule has 0 aliphatic rings. The van der Waals surface area contributed by atoms with Gasteiger partial charge in [0, 0.05) is 0 Å². The number of hydrogen-bond acceptors (Lipinski definition) is 3. The van der Waals surface area contributed by atoms with Crippen molar-refractivity contribution >= 4 is 34.7 Å². The second kappa shape index (κ2) is 4.33. The first-order valence-corrected chi connectivity index (χ1v) is 4.03. The Morgan fingerprint density at radius 1 is 1.58 bits per heavy atom. The molecule has 1 aromatic carbocycles. The molecule has 0 spiro atoms. The van der Waals surface area contributed by atoms with E-state index in [-0.39, 0.29) is 6.61 Å². The first kappa shape index (κ1) is 9.36. The summed E-state index contributed by atoms with van der Waals surface area (Å²) in [6, 6.07) is 5.07. The summed E-state index contributed by atoms with van der Waals surface area (Å²) < 4.78 is 0. The molecule has 1 aromatic rings. The van der Waals surface area contributed by atoms with Crippen LogP contribution in [0.5, 0.6) is 0 Å². The van der Waals surface area contributed by atoms with Crippen molar-refractivity contribution in [3.05, 3.63) is 28.8 Å². The number of halogens is 1. The van der Waals surface area contributed by atoms with Crippen LogP contribution in [0, 0.1) is 0 Å². The molecule has 2 nitrogen and oxygen atoms in total. The lowest BCUT2D eigenvalue weighted by atomic mass is 10.2. The largest absolute Gasteiger partial charge is 0.392 e. The molecular weight excluding hydrogens is 194 g/mol. The fourth-order valence-corrected chi connectivity index (χ4v) is 1.13. The number of benzene rings is 1. The van der Waals surface area contributed by atoms with Crippen LogP contribution in [0.4, 0.5) is 5.69 Å². The third-order valence-electron chi connectivity index (χ3n) is 1.36. The Kier molecular flexibility index (Phi) is 3.38. The van der Waals surface area contributed by atoms with Gasteiger partial charge < -0.3 is 5.11 Å². The van der Waals surface area contributed by atoms with E-state index in [1.165, 1.54) is 0 Å². The number of rotatable bonds is 2. The maximum atomic E-state index is 8.76. The van der Waals surface area contributed by atoms with Crippen molar-refractivity contribution in [1.29, 1.82) is 0 Å². The van der Waals surface area contributed by atoms with Crippen molar-refractivity contribution in [1.82, 2.24) is 0 Å². The standard InChI is InChI=1S/C8H6ClNOS/c9-7-3-6(4-11)1-2-8(7)10-5-12/h1-3,11H,4H2. The molecule has 0 saturated carbocycles. The Bertz CT molecular complexity index is 334. The van der Waals surface area contributed by atoms with Crippen LogP contribution in [0.15, 0.2) is 23.2 Å². The molecule has 0 atom stereocenters. The molecule has 0 heterocycles. The molecule has 0 unspecified atom stereocenters. The fourth-order valence-electron chi connectivity index (χ4n) is 0.789. The van der Waals surface area contributed by atoms with Crippen molar-refractivity contribution < 1.29 is 5.11 Å². The first-order valence-electron chi connectivity index (χ1n) is 3.25. The van der Waals surface area contributed by atoms with Gasteiger partial charge in [-0.05, 0) is 29.9 Å². The molecule has 0 amide bonds. The van der Waals surface area contributed by atoms with Gasteiger partial charge in [0.25, 0.3) is 0 Å². The highest BCUT2D eigenvalue weighted by Gasteiger charge is 1.98. The lowest BCUT2D eigenvalue weighted by Gasteiger charge is -1.98. The number of nitrogens with zero attached hydrogens (tertiary/aromatic N) is 1. The van der Waals surface area contributed by atoms with E-state index in [2.05, 4.69) is 22.4 Å². The summed E-state index contributed by atoms with van der Waals surface area (Å²) in [6.45, 7) is -0.0265. The van der Waals surface area contributed by atoms with E-state index in [4.69, 9.17) is 16.7 Å². The summed E-state index contributed by atoms with van der Waals surface area (Å²) in [7, 11) is 0. The lowest BCUT2D eigenvalue weighted by molar-refractivity contribution is 0.282. The predicted octanol–water partition coefficient (Wildman–Crippen LogP) is 2.57. The number of aliphatic hydroxyl groups excluding tert-OH is 1. The third-order valence-corrected chi connectivity index (χ3v) is 1.75. The number of hydrogen-bond donors (Lipinski definition) is 1. The monoisotopic (exact) mass is 199 g/mol. The first-order chi connectivity index (χ1) is 5.77. The molecule has 0 aromatic heterocycles. The number of aliphatic imine (C=N–C) groups is 1. The van der Waals surface area contributed by atoms with Crippen LogP contribution in [0.3, 0.4) is 0 Å². The highest BCUT2D eigenvalue weighted by molar-refractivity contribution is 7.78. The molecule has 1 rings (SSSR count). The quantitative estimate of drug-likeness (QED) is 0.587. The highest BCUT2D eigenvalue weighted by atomic mass is 35.5. The second-order valence-electron chi connectivity index (χ2n) is 2.15. The molecule has 0 fully saturated rings. The Morgan fingerprint density at radius 3 is 2.83 bits per heavy atom. The third kappa shape index (κ3) is 2.13. The van der Waals surface area contributed by atoms with E-state index >= 15 is 0 Å². The molecule has 4 heteroatoms. The van der Waals surface area contributed by atoms with Gasteiger partial charge in [0.1, 0.15) is 0 Å². The maximum absolute atomic E-state index is 8.76. The Hall–Kier alpha value is -0.730. The lowest BCUT2D eigenvalue weighted by Crippen LogP contribution is -1.81. The van der Waals surface area contributed by atoms with Crippen molar-refractivity contribution in [3.63, 3.8) is 0 Å². The van der Waals surface area contributed by atoms with Gasteiger partial charge in [-0.25, -0.2) is 0 Å². The fraction of sp³-hybridized carbons (Fsp3) is 0.125. The topological polar surface area (TPSA) is 32.6 Å². The summed E-state index contributed by atoms with van der Waals surface area (Å²) in [4.78, 5) is 3.73. The van der Waals surface area contributed by atoms with E-state index in [0.717, 1.165) is 5.56 Å². The van der Waals surface area contributed by atoms with Crippen molar-refractivity contribution in [3.8, 4) is 0 Å². The summed E-state index contributed by atoms with van der Waals surface area (Å²) >= 11 is 10.2. The van der Waals surface area contributed by atoms with Crippen LogP contribution in [-0.4, -0.2) is 10.3 Å². The minimum Gasteiger partial charge on any atom is -0.392 e. The zero-order valence-electron chi connectivity index (χ0n) is 6.12. The van der Waals surface area contributed by atoms with Crippen molar-refractivity contribution in [2.24, 2.45) is 4.99 Å². The van der Waals surface area contributed by atoms with Gasteiger partial charge in [0.15, 0.2) is 0 Å². The van der Waals surface area contributed by atoms with Gasteiger partial charge in [-0.3, -0.25) is 0 Å². The van der Waals surface area contributed by atoms with E-state index in [1.807, 2.05) is 0 Å². The average Bonchev–Trinajstić information content (AvgIpc) is 2.09. The van der Waals surface area contributed by atoms with Gasteiger partial charge >= 0.3 is 0 Å². The average molecular weight is 200 g/mol. The molecule has 12 heavy (non-hydrogen) atoms. The van der Waals surface area contributed by atoms with Crippen molar-refractivity contribution in [2.75, 3.05) is 0 Å². The molecule has 0 aliphatic heterocycles. The maximum Gasteiger partial charge on any atom is 0.0925 e. The van der Waals surface area contributed by atoms with Crippen LogP contribution in [-0.2, 0) is 6.61 Å². The Balaban J connectivity index is 3.11. The molecule has 0 radical (unpaired) electrons. The second-order valence-corrected chi connectivity index (χ2v) is 2.74. The molecule has 1 N–H and O–H groups in total. The molecule has 0 aliphatic carbocycles. The zero-order valence-corrected chi connectivity index (χ0v) is 7.69. The number of isothiocyanates is 1. The minimum absolute atomic E-state index is 0.0265. The van der Waals surface area contributed by atoms with Crippen LogP contribution in [0.1, 0.15) is 5.56 Å². The highest BCUT2D eigenvalue weighted by Crippen LogP contribution is 2.25. The summed E-state index contributed by atoms with van der Waals surface area (Å²) in [5, 5.41) is 11.5. The van der Waals surface area contributed by atoms with Crippen LogP contribution in [0.25, 0.3) is 0 Å². The van der Waals surface area contributed by atoms with Crippen LogP contribution in [0.2, 0.25) is 5.02 Å². The Morgan fingerprint density at radius 2 is 2.33 bits per heavy atom. The van der Waals surface area contributed by atoms with Crippen LogP contribution >= 0.6 is 23.8 Å². The Labute approximate surface area is 80.5 Å². The molecule has 0 saturated heterocycles. The molecular formula is C8H6ClNOS. The van der Waals surface area contributed by atoms with Crippen molar-refractivity contribution in [2.45, 2.75) is 6.61 Å². The SMILES string of the molecule is OCc1ccc(N=C=S)c(Cl)c1. The van der Waals surface area contributed by atoms with Crippen LogP contribution < -0.4 is 0 Å². The smallest absolute Gasteiger partial charge is 0.0925 e. The molecule has 0 bridgehead atoms. The van der Waals surface area contributed by atoms with E-state index in [1.54, 1.807) is 18.2 Å². The number of thiocarbonyl (C=S) groups is 1. The zero-order chi connectivity index (χ0) is 8.97. The van der Waals surface area contributed by atoms with Gasteiger partial charge in [0.05, 0.1) is 22.5 Å².